The maximum absolute atomic E-state index is 13.2. The summed E-state index contributed by atoms with van der Waals surface area (Å²) in [4.78, 5) is 85.4. The van der Waals surface area contributed by atoms with Gasteiger partial charge < -0.3 is 57.2 Å². The lowest BCUT2D eigenvalue weighted by Gasteiger charge is -2.39. The van der Waals surface area contributed by atoms with E-state index in [1.165, 1.54) is 53.2 Å². The largest absolute Gasteiger partial charge is 0.477 e. The summed E-state index contributed by atoms with van der Waals surface area (Å²) >= 11 is 0. The van der Waals surface area contributed by atoms with Gasteiger partial charge in [0.15, 0.2) is 0 Å². The Kier molecular flexibility index (Phi) is 22.3. The molecule has 2 saturated carbocycles. The first-order chi connectivity index (χ1) is 42.6. The molecule has 4 atom stereocenters. The number of nitrogens with zero attached hydrogens (tertiary/aromatic N) is 8. The Labute approximate surface area is 521 Å². The van der Waals surface area contributed by atoms with Crippen LogP contribution in [0.1, 0.15) is 123 Å². The monoisotopic (exact) mass is 1210 g/mol. The first kappa shape index (κ1) is 65.8. The molecule has 6 heterocycles. The number of aromatic carboxylic acids is 1. The van der Waals surface area contributed by atoms with Crippen molar-refractivity contribution in [1.82, 2.24) is 55.0 Å². The Morgan fingerprint density at radius 2 is 1.09 bits per heavy atom. The maximum Gasteiger partial charge on any atom is 0.354 e. The third-order valence-corrected chi connectivity index (χ3v) is 15.8. The second-order valence-electron chi connectivity index (χ2n) is 24.2. The number of carbonyl (C=O) groups excluding carboxylic acids is 3. The smallest absolute Gasteiger partial charge is 0.354 e. The molecular formula is C68H86N16O5. The molecule has 2 aromatic carbocycles. The molecule has 3 amide bonds. The van der Waals surface area contributed by atoms with Crippen molar-refractivity contribution in [2.24, 2.45) is 5.73 Å². The van der Waals surface area contributed by atoms with Gasteiger partial charge in [-0.2, -0.15) is 0 Å². The Morgan fingerprint density at radius 1 is 0.629 bits per heavy atom. The molecule has 2 aliphatic rings. The van der Waals surface area contributed by atoms with E-state index in [0.717, 1.165) is 115 Å². The van der Waals surface area contributed by atoms with E-state index in [4.69, 9.17) is 20.8 Å². The first-order valence-electron chi connectivity index (χ1n) is 30.5. The van der Waals surface area contributed by atoms with Gasteiger partial charge in [0.05, 0.1) is 35.2 Å². The van der Waals surface area contributed by atoms with Gasteiger partial charge in [0.2, 0.25) is 23.7 Å². The zero-order valence-electron chi connectivity index (χ0n) is 52.9. The summed E-state index contributed by atoms with van der Waals surface area (Å²) in [6, 6.07) is 23.3. The number of rotatable bonds is 19. The van der Waals surface area contributed by atoms with Crippen LogP contribution in [0.5, 0.6) is 0 Å². The van der Waals surface area contributed by atoms with E-state index < -0.39 is 11.5 Å². The number of para-hydroxylation sites is 2. The van der Waals surface area contributed by atoms with Crippen LogP contribution in [0, 0.1) is 13.8 Å². The number of anilines is 4. The van der Waals surface area contributed by atoms with E-state index in [1.807, 2.05) is 56.5 Å². The third-order valence-electron chi connectivity index (χ3n) is 15.8. The van der Waals surface area contributed by atoms with Crippen LogP contribution in [-0.2, 0) is 22.4 Å². The molecule has 0 saturated heterocycles. The number of hydrogen-bond donors (Lipinski definition) is 9. The SMILES string of the molecule is CCc1cnc(N[C@@H]2CCC[C@](C)(N)C2)nc1-c1c(C)[nH]c2ccccc12.CCc1cnc(N[C@@H]2CCC[C@](C)(NC(=O)c3ccc(NC(=O)/C=C/CN(C)C)cn3)C2)nc1-c1c(C)[nH]c2ccccc12.CN(C)C/C=C/C(=O)Nc1ccc(C(=O)O)nc1. The Hall–Kier alpha value is -9.18. The number of nitrogens with one attached hydrogen (secondary N) is 7. The fourth-order valence-electron chi connectivity index (χ4n) is 11.4. The van der Waals surface area contributed by atoms with E-state index in [2.05, 4.69) is 140 Å². The molecule has 0 spiro atoms. The fourth-order valence-corrected chi connectivity index (χ4v) is 11.4. The molecular weight excluding hydrogens is 1120 g/mol. The topological polar surface area (TPSA) is 290 Å². The summed E-state index contributed by atoms with van der Waals surface area (Å²) in [5, 5.41) is 26.7. The summed E-state index contributed by atoms with van der Waals surface area (Å²) in [6.45, 7) is 14.0. The van der Waals surface area contributed by atoms with Crippen molar-refractivity contribution in [3.05, 3.63) is 156 Å². The second kappa shape index (κ2) is 30.2. The Morgan fingerprint density at radius 3 is 1.53 bits per heavy atom. The predicted octanol–water partition coefficient (Wildman–Crippen LogP) is 10.9. The van der Waals surface area contributed by atoms with E-state index >= 15 is 0 Å². The minimum absolute atomic E-state index is 0.0591. The standard InChI is InChI=1S/C34H42N8O2.C22H29N5.C12H15N3O3/c1-6-23-20-36-33(40-31(23)30-22(2)37-27-13-8-7-12-26(27)30)39-24-11-9-17-34(3,19-24)41-32(44)28-16-15-25(21-35-28)38-29(43)14-10-18-42(4)5;1-4-15-13-24-21(26-16-8-7-11-22(3,23)12-16)27-20(15)19-14(2)25-18-10-6-5-9-17(18)19;1-15(2)7-3-4-11(16)14-9-5-6-10(12(17)18)13-8-9/h7-8,10,12-16,20-21,24,37H,6,9,11,17-19H2,1-5H3,(H,38,43)(H,41,44)(H,36,39,40);5-6,9-10,13,16,25H,4,7-8,11-12,23H2,1-3H3,(H,24,26,27);3-6,8H,7H2,1-2H3,(H,14,16)(H,17,18)/b14-10+;;4-3+/t24-,34+;16-,22+;/m11./s1. The van der Waals surface area contributed by atoms with Gasteiger partial charge in [-0.05, 0) is 168 Å². The van der Waals surface area contributed by atoms with Gasteiger partial charge in [0.25, 0.3) is 5.91 Å². The van der Waals surface area contributed by atoms with Gasteiger partial charge in [0, 0.05) is 105 Å². The van der Waals surface area contributed by atoms with Crippen LogP contribution in [0.15, 0.2) is 122 Å². The summed E-state index contributed by atoms with van der Waals surface area (Å²) in [5.41, 5.74) is 18.1. The average molecular weight is 1210 g/mol. The number of aromatic nitrogens is 8. The number of benzene rings is 2. The Bertz CT molecular complexity index is 3800. The van der Waals surface area contributed by atoms with Crippen molar-refractivity contribution in [3.8, 4) is 22.5 Å². The molecule has 0 aliphatic heterocycles. The maximum atomic E-state index is 13.2. The molecule has 0 radical (unpaired) electrons. The van der Waals surface area contributed by atoms with E-state index in [9.17, 15) is 19.2 Å². The molecule has 2 aliphatic carbocycles. The quantitative estimate of drug-likeness (QED) is 0.0340. The number of likely N-dealkylation sites (N-methyl/N-ethyl adjacent to an activating group) is 2. The minimum atomic E-state index is -1.10. The van der Waals surface area contributed by atoms with Crippen LogP contribution in [0.3, 0.4) is 0 Å². The highest BCUT2D eigenvalue weighted by Gasteiger charge is 2.35. The van der Waals surface area contributed by atoms with Gasteiger partial charge in [0.1, 0.15) is 11.4 Å². The summed E-state index contributed by atoms with van der Waals surface area (Å²) in [7, 11) is 7.67. The fraction of sp³-hybridized carbons (Fsp3) is 0.382. The molecule has 8 aromatic rings. The number of fused-ring (bicyclic) bond motifs is 2. The minimum Gasteiger partial charge on any atom is -0.477 e. The van der Waals surface area contributed by atoms with Crippen molar-refractivity contribution in [1.29, 1.82) is 0 Å². The number of aromatic amines is 2. The molecule has 21 heteroatoms. The van der Waals surface area contributed by atoms with Gasteiger partial charge in [-0.1, -0.05) is 62.4 Å². The molecule has 468 valence electrons. The molecule has 0 bridgehead atoms. The predicted molar refractivity (Wildman–Crippen MR) is 355 cm³/mol. The van der Waals surface area contributed by atoms with Crippen LogP contribution in [-0.4, -0.2) is 143 Å². The van der Waals surface area contributed by atoms with Crippen LogP contribution < -0.4 is 32.3 Å². The van der Waals surface area contributed by atoms with E-state index in [-0.39, 0.29) is 35.0 Å². The molecule has 2 fully saturated rings. The molecule has 10 rings (SSSR count). The zero-order valence-corrected chi connectivity index (χ0v) is 52.9. The third kappa shape index (κ3) is 18.2. The van der Waals surface area contributed by atoms with Crippen LogP contribution in [0.4, 0.5) is 23.3 Å². The number of hydrogen-bond acceptors (Lipinski definition) is 15. The summed E-state index contributed by atoms with van der Waals surface area (Å²) in [6.07, 6.45) is 22.7. The lowest BCUT2D eigenvalue weighted by molar-refractivity contribution is -0.112. The van der Waals surface area contributed by atoms with E-state index in [0.29, 0.717) is 48.1 Å². The number of carboxylic acid groups (broad SMARTS) is 1. The molecule has 89 heavy (non-hydrogen) atoms. The number of H-pyrrole nitrogens is 2. The second-order valence-corrected chi connectivity index (χ2v) is 24.2. The van der Waals surface area contributed by atoms with Gasteiger partial charge >= 0.3 is 5.97 Å². The van der Waals surface area contributed by atoms with Crippen LogP contribution in [0.25, 0.3) is 44.3 Å². The number of aryl methyl sites for hydroxylation is 4. The number of amides is 3. The van der Waals surface area contributed by atoms with E-state index in [1.54, 1.807) is 24.3 Å². The average Bonchev–Trinajstić information content (AvgIpc) is 1.74. The highest BCUT2D eigenvalue weighted by atomic mass is 16.4. The lowest BCUT2D eigenvalue weighted by atomic mass is 9.80. The van der Waals surface area contributed by atoms with Crippen molar-refractivity contribution in [2.75, 3.05) is 62.5 Å². The molecule has 6 aromatic heterocycles. The van der Waals surface area contributed by atoms with Crippen molar-refractivity contribution >= 4 is 68.8 Å². The van der Waals surface area contributed by atoms with Gasteiger partial charge in [-0.25, -0.2) is 34.7 Å². The lowest BCUT2D eigenvalue weighted by Crippen LogP contribution is -2.51. The highest BCUT2D eigenvalue weighted by Crippen LogP contribution is 2.37. The van der Waals surface area contributed by atoms with Crippen molar-refractivity contribution in [3.63, 3.8) is 0 Å². The van der Waals surface area contributed by atoms with Crippen LogP contribution >= 0.6 is 0 Å². The number of nitrogens with two attached hydrogens (primary N) is 1. The molecule has 21 nitrogen and oxygen atoms in total. The van der Waals surface area contributed by atoms with Gasteiger partial charge in [-0.15, -0.1) is 0 Å². The van der Waals surface area contributed by atoms with Crippen molar-refractivity contribution in [2.45, 2.75) is 129 Å². The number of carbonyl (C=O) groups is 4. The number of carboxylic acids is 1. The molecule has 10 N–H and O–H groups in total. The van der Waals surface area contributed by atoms with Crippen LogP contribution in [0.2, 0.25) is 0 Å². The zero-order chi connectivity index (χ0) is 63.8. The number of pyridine rings is 2. The summed E-state index contributed by atoms with van der Waals surface area (Å²) in [5.74, 6) is -0.554. The van der Waals surface area contributed by atoms with Crippen molar-refractivity contribution < 1.29 is 24.3 Å². The Balaban J connectivity index is 0.000000192. The normalized spacial score (nSPS) is 18.3. The highest BCUT2D eigenvalue weighted by molar-refractivity contribution is 6.01. The summed E-state index contributed by atoms with van der Waals surface area (Å²) < 4.78 is 0. The van der Waals surface area contributed by atoms with Gasteiger partial charge in [-0.3, -0.25) is 14.4 Å². The molecule has 0 unspecified atom stereocenters. The first-order valence-corrected chi connectivity index (χ1v) is 30.5.